The minimum Gasteiger partial charge on any atom is -0.358 e. The predicted molar refractivity (Wildman–Crippen MR) is 83.6 cm³/mol. The third-order valence-electron chi connectivity index (χ3n) is 2.86. The average molecular weight is 299 g/mol. The van der Waals surface area contributed by atoms with Gasteiger partial charge in [-0.1, -0.05) is 42.2 Å². The number of likely N-dealkylation sites (tertiary alicyclic amines) is 1. The molecule has 1 fully saturated rings. The molecule has 1 unspecified atom stereocenters. The van der Waals surface area contributed by atoms with Crippen molar-refractivity contribution in [3.8, 4) is 0 Å². The van der Waals surface area contributed by atoms with Crippen LogP contribution in [0.3, 0.4) is 0 Å². The summed E-state index contributed by atoms with van der Waals surface area (Å²) in [6.45, 7) is 2.18. The van der Waals surface area contributed by atoms with Crippen LogP contribution in [0.25, 0.3) is 0 Å². The molecule has 0 spiro atoms. The fraction of sp³-hybridized carbons (Fsp3) is 0.462. The van der Waals surface area contributed by atoms with E-state index in [2.05, 4.69) is 4.90 Å². The maximum atomic E-state index is 12.0. The summed E-state index contributed by atoms with van der Waals surface area (Å²) < 4.78 is 13.0. The monoisotopic (exact) mass is 299 g/mol. The van der Waals surface area contributed by atoms with Gasteiger partial charge in [0, 0.05) is 29.5 Å². The van der Waals surface area contributed by atoms with Crippen LogP contribution in [0.1, 0.15) is 12.8 Å². The fourth-order valence-corrected chi connectivity index (χ4v) is 4.49. The third kappa shape index (κ3) is 4.07. The first-order valence-electron chi connectivity index (χ1n) is 6.12. The largest absolute Gasteiger partial charge is 0.358 e. The maximum Gasteiger partial charge on any atom is 0.136 e. The molecule has 1 aromatic carbocycles. The van der Waals surface area contributed by atoms with Gasteiger partial charge in [0.25, 0.3) is 0 Å². The van der Waals surface area contributed by atoms with Crippen LogP contribution in [-0.4, -0.2) is 38.0 Å². The van der Waals surface area contributed by atoms with Gasteiger partial charge in [-0.15, -0.1) is 0 Å². The number of thiocarbonyl (C=S) groups is 1. The van der Waals surface area contributed by atoms with E-state index in [4.69, 9.17) is 12.2 Å². The van der Waals surface area contributed by atoms with E-state index < -0.39 is 10.8 Å². The van der Waals surface area contributed by atoms with Crippen molar-refractivity contribution >= 4 is 39.1 Å². The summed E-state index contributed by atoms with van der Waals surface area (Å²) >= 11 is 7.03. The number of hydrogen-bond acceptors (Lipinski definition) is 3. The van der Waals surface area contributed by atoms with Crippen LogP contribution in [0.15, 0.2) is 35.2 Å². The average Bonchev–Trinajstić information content (AvgIpc) is 2.93. The summed E-state index contributed by atoms with van der Waals surface area (Å²) in [5, 5.41) is 0. The zero-order chi connectivity index (χ0) is 12.8. The van der Waals surface area contributed by atoms with Crippen molar-refractivity contribution in [2.24, 2.45) is 0 Å². The summed E-state index contributed by atoms with van der Waals surface area (Å²) in [6, 6.07) is 9.63. The van der Waals surface area contributed by atoms with Crippen molar-refractivity contribution in [1.82, 2.24) is 4.90 Å². The zero-order valence-corrected chi connectivity index (χ0v) is 12.7. The number of rotatable bonds is 4. The Hall–Kier alpha value is -0.390. The highest BCUT2D eigenvalue weighted by Gasteiger charge is 2.15. The van der Waals surface area contributed by atoms with Crippen molar-refractivity contribution in [3.63, 3.8) is 0 Å². The van der Waals surface area contributed by atoms with Gasteiger partial charge in [-0.2, -0.15) is 0 Å². The Bertz CT molecular complexity index is 416. The van der Waals surface area contributed by atoms with Crippen LogP contribution in [0.5, 0.6) is 0 Å². The highest BCUT2D eigenvalue weighted by atomic mass is 32.2. The van der Waals surface area contributed by atoms with Crippen LogP contribution >= 0.6 is 24.0 Å². The molecular formula is C13H17NOS3. The van der Waals surface area contributed by atoms with E-state index in [-0.39, 0.29) is 0 Å². The maximum absolute atomic E-state index is 12.0. The molecule has 0 aliphatic carbocycles. The van der Waals surface area contributed by atoms with E-state index in [1.807, 2.05) is 30.3 Å². The van der Waals surface area contributed by atoms with Crippen LogP contribution in [-0.2, 0) is 10.8 Å². The summed E-state index contributed by atoms with van der Waals surface area (Å²) in [4.78, 5) is 3.16. The van der Waals surface area contributed by atoms with Gasteiger partial charge in [-0.05, 0) is 25.0 Å². The molecule has 0 saturated carbocycles. The van der Waals surface area contributed by atoms with Gasteiger partial charge in [0.05, 0.1) is 10.8 Å². The molecule has 0 aromatic heterocycles. The molecular weight excluding hydrogens is 282 g/mol. The van der Waals surface area contributed by atoms with E-state index in [1.165, 1.54) is 12.8 Å². The number of benzene rings is 1. The molecule has 1 aliphatic rings. The molecule has 1 aromatic rings. The Morgan fingerprint density at radius 3 is 2.61 bits per heavy atom. The second-order valence-electron chi connectivity index (χ2n) is 4.17. The van der Waals surface area contributed by atoms with Gasteiger partial charge in [0.2, 0.25) is 0 Å². The smallest absolute Gasteiger partial charge is 0.136 e. The van der Waals surface area contributed by atoms with Gasteiger partial charge in [0.15, 0.2) is 0 Å². The molecule has 1 saturated heterocycles. The minimum atomic E-state index is -0.900. The van der Waals surface area contributed by atoms with Crippen molar-refractivity contribution in [2.75, 3.05) is 24.6 Å². The first kappa shape index (κ1) is 14.0. The topological polar surface area (TPSA) is 20.3 Å². The molecule has 2 nitrogen and oxygen atoms in total. The summed E-state index contributed by atoms with van der Waals surface area (Å²) in [5.74, 6) is 1.50. The minimum absolute atomic E-state index is 0.669. The first-order chi connectivity index (χ1) is 8.77. The molecule has 1 aliphatic heterocycles. The lowest BCUT2D eigenvalue weighted by Crippen LogP contribution is -2.23. The summed E-state index contributed by atoms with van der Waals surface area (Å²) in [6.07, 6.45) is 2.49. The Morgan fingerprint density at radius 2 is 1.94 bits per heavy atom. The van der Waals surface area contributed by atoms with Crippen molar-refractivity contribution in [1.29, 1.82) is 0 Å². The van der Waals surface area contributed by atoms with Gasteiger partial charge >= 0.3 is 0 Å². The molecule has 1 atom stereocenters. The van der Waals surface area contributed by atoms with Gasteiger partial charge in [-0.25, -0.2) is 0 Å². The van der Waals surface area contributed by atoms with Crippen molar-refractivity contribution in [2.45, 2.75) is 17.7 Å². The van der Waals surface area contributed by atoms with E-state index in [0.717, 1.165) is 28.1 Å². The first-order valence-corrected chi connectivity index (χ1v) is 8.84. The van der Waals surface area contributed by atoms with Gasteiger partial charge in [-0.3, -0.25) is 4.21 Å². The SMILES string of the molecule is O=S(CCSC(=S)N1CCCC1)c1ccccc1. The van der Waals surface area contributed by atoms with Crippen molar-refractivity contribution in [3.05, 3.63) is 30.3 Å². The quantitative estimate of drug-likeness (QED) is 0.796. The van der Waals surface area contributed by atoms with Gasteiger partial charge < -0.3 is 4.90 Å². The van der Waals surface area contributed by atoms with E-state index in [9.17, 15) is 4.21 Å². The molecule has 5 heteroatoms. The Labute approximate surface area is 121 Å². The van der Waals surface area contributed by atoms with Crippen molar-refractivity contribution < 1.29 is 4.21 Å². The fourth-order valence-electron chi connectivity index (χ4n) is 1.89. The normalized spacial score (nSPS) is 16.8. The molecule has 0 N–H and O–H groups in total. The predicted octanol–water partition coefficient (Wildman–Crippen LogP) is 2.91. The molecule has 2 rings (SSSR count). The molecule has 0 amide bonds. The lowest BCUT2D eigenvalue weighted by Gasteiger charge is -2.17. The number of nitrogens with zero attached hydrogens (tertiary/aromatic N) is 1. The standard InChI is InChI=1S/C13H17NOS3/c15-18(12-6-2-1-3-7-12)11-10-17-13(16)14-8-4-5-9-14/h1-3,6-7H,4-5,8-11H2. The van der Waals surface area contributed by atoms with E-state index >= 15 is 0 Å². The second-order valence-corrected chi connectivity index (χ2v) is 7.47. The molecule has 98 valence electrons. The van der Waals surface area contributed by atoms with Crippen LogP contribution in [0.2, 0.25) is 0 Å². The summed E-state index contributed by atoms with van der Waals surface area (Å²) in [5.41, 5.74) is 0. The zero-order valence-electron chi connectivity index (χ0n) is 10.2. The van der Waals surface area contributed by atoms with Gasteiger partial charge in [0.1, 0.15) is 4.32 Å². The molecule has 0 radical (unpaired) electrons. The Balaban J connectivity index is 1.72. The Kier molecular flexibility index (Phi) is 5.66. The number of thioether (sulfide) groups is 1. The van der Waals surface area contributed by atoms with Crippen LogP contribution in [0, 0.1) is 0 Å². The van der Waals surface area contributed by atoms with Crippen LogP contribution < -0.4 is 0 Å². The highest BCUT2D eigenvalue weighted by molar-refractivity contribution is 8.23. The lowest BCUT2D eigenvalue weighted by atomic mass is 10.4. The summed E-state index contributed by atoms with van der Waals surface area (Å²) in [7, 11) is -0.900. The van der Waals surface area contributed by atoms with Crippen LogP contribution in [0.4, 0.5) is 0 Å². The molecule has 0 bridgehead atoms. The molecule has 18 heavy (non-hydrogen) atoms. The third-order valence-corrected chi connectivity index (χ3v) is 6.02. The lowest BCUT2D eigenvalue weighted by molar-refractivity contribution is 0.539. The second kappa shape index (κ2) is 7.26. The Morgan fingerprint density at radius 1 is 1.28 bits per heavy atom. The number of hydrogen-bond donors (Lipinski definition) is 0. The molecule has 1 heterocycles. The van der Waals surface area contributed by atoms with E-state index in [0.29, 0.717) is 5.75 Å². The van der Waals surface area contributed by atoms with E-state index in [1.54, 1.807) is 11.8 Å². The highest BCUT2D eigenvalue weighted by Crippen LogP contribution is 2.17.